The van der Waals surface area contributed by atoms with Crippen LogP contribution < -0.4 is 5.32 Å². The van der Waals surface area contributed by atoms with E-state index in [-0.39, 0.29) is 13.0 Å². The van der Waals surface area contributed by atoms with Gasteiger partial charge in [-0.25, -0.2) is 9.78 Å². The molecule has 1 fully saturated rings. The third kappa shape index (κ3) is 2.59. The third-order valence-corrected chi connectivity index (χ3v) is 3.51. The molecular formula is C10H13N3O4S. The van der Waals surface area contributed by atoms with E-state index in [1.807, 2.05) is 6.92 Å². The van der Waals surface area contributed by atoms with Crippen molar-refractivity contribution in [3.05, 3.63) is 11.1 Å². The lowest BCUT2D eigenvalue weighted by molar-refractivity contribution is -0.120. The number of likely N-dealkylation sites (tertiary alicyclic amines) is 1. The number of aromatic nitrogens is 1. The molecule has 2 heterocycles. The Morgan fingerprint density at radius 2 is 2.33 bits per heavy atom. The molecule has 2 rings (SSSR count). The molecule has 2 amide bonds. The number of carboxylic acid groups (broad SMARTS) is 1. The first-order chi connectivity index (χ1) is 8.47. The van der Waals surface area contributed by atoms with Gasteiger partial charge in [-0.1, -0.05) is 0 Å². The normalized spacial score (nSPS) is 23.1. The molecule has 3 N–H and O–H groups in total. The maximum Gasteiger partial charge on any atom is 0.408 e. The van der Waals surface area contributed by atoms with Crippen molar-refractivity contribution < 1.29 is 19.8 Å². The number of aliphatic hydroxyl groups is 1. The van der Waals surface area contributed by atoms with Gasteiger partial charge in [-0.15, -0.1) is 11.3 Å². The fraction of sp³-hybridized carbons (Fsp3) is 0.500. The van der Waals surface area contributed by atoms with Gasteiger partial charge in [0.25, 0.3) is 0 Å². The van der Waals surface area contributed by atoms with Gasteiger partial charge in [0, 0.05) is 17.5 Å². The topological polar surface area (TPSA) is 103 Å². The maximum atomic E-state index is 11.9. The Labute approximate surface area is 107 Å². The Morgan fingerprint density at radius 1 is 1.61 bits per heavy atom. The molecule has 0 radical (unpaired) electrons. The number of nitrogens with one attached hydrogen (secondary N) is 1. The van der Waals surface area contributed by atoms with E-state index < -0.39 is 24.1 Å². The molecule has 1 aliphatic rings. The van der Waals surface area contributed by atoms with E-state index in [0.29, 0.717) is 5.13 Å². The lowest BCUT2D eigenvalue weighted by atomic mass is 10.2. The molecule has 0 aromatic carbocycles. The lowest BCUT2D eigenvalue weighted by Gasteiger charge is -2.19. The Morgan fingerprint density at radius 3 is 2.89 bits per heavy atom. The quantitative estimate of drug-likeness (QED) is 0.727. The predicted molar refractivity (Wildman–Crippen MR) is 64.6 cm³/mol. The van der Waals surface area contributed by atoms with Gasteiger partial charge < -0.3 is 15.5 Å². The average molecular weight is 271 g/mol. The maximum absolute atomic E-state index is 11.9. The zero-order valence-corrected chi connectivity index (χ0v) is 10.5. The van der Waals surface area contributed by atoms with Crippen molar-refractivity contribution in [3.63, 3.8) is 0 Å². The van der Waals surface area contributed by atoms with Gasteiger partial charge in [-0.05, 0) is 6.92 Å². The fourth-order valence-electron chi connectivity index (χ4n) is 1.87. The van der Waals surface area contributed by atoms with Gasteiger partial charge in [0.1, 0.15) is 6.04 Å². The zero-order chi connectivity index (χ0) is 13.3. The number of thiazole rings is 1. The standard InChI is InChI=1S/C10H13N3O4S/c1-5-3-11-9(18-5)12-8(15)7-2-6(14)4-13(7)10(16)17/h3,6-7,14H,2,4H2,1H3,(H,16,17)(H,11,12,15). The highest BCUT2D eigenvalue weighted by Crippen LogP contribution is 2.21. The van der Waals surface area contributed by atoms with E-state index in [2.05, 4.69) is 10.3 Å². The van der Waals surface area contributed by atoms with Crippen LogP contribution in [-0.2, 0) is 4.79 Å². The van der Waals surface area contributed by atoms with Crippen molar-refractivity contribution in [2.24, 2.45) is 0 Å². The summed E-state index contributed by atoms with van der Waals surface area (Å²) in [6.45, 7) is 1.82. The molecule has 8 heteroatoms. The van der Waals surface area contributed by atoms with Gasteiger partial charge in [-0.3, -0.25) is 9.69 Å². The van der Waals surface area contributed by atoms with Gasteiger partial charge in [0.05, 0.1) is 12.6 Å². The van der Waals surface area contributed by atoms with Crippen LogP contribution >= 0.6 is 11.3 Å². The number of hydrogen-bond acceptors (Lipinski definition) is 5. The first-order valence-corrected chi connectivity index (χ1v) is 6.20. The highest BCUT2D eigenvalue weighted by atomic mass is 32.1. The van der Waals surface area contributed by atoms with Crippen LogP contribution in [0.1, 0.15) is 11.3 Å². The Bertz CT molecular complexity index is 475. The number of β-amino-alcohol motifs (C(OH)–C–C–N with tert-alkyl or cyclic N) is 1. The van der Waals surface area contributed by atoms with Crippen molar-refractivity contribution >= 4 is 28.5 Å². The van der Waals surface area contributed by atoms with E-state index in [1.165, 1.54) is 11.3 Å². The van der Waals surface area contributed by atoms with Crippen molar-refractivity contribution in [1.29, 1.82) is 0 Å². The van der Waals surface area contributed by atoms with Crippen molar-refractivity contribution in [3.8, 4) is 0 Å². The summed E-state index contributed by atoms with van der Waals surface area (Å²) >= 11 is 1.31. The van der Waals surface area contributed by atoms with Crippen LogP contribution in [0.4, 0.5) is 9.93 Å². The second-order valence-corrected chi connectivity index (χ2v) is 5.34. The number of carbonyl (C=O) groups is 2. The Kier molecular flexibility index (Phi) is 3.48. The minimum atomic E-state index is -1.21. The molecule has 0 saturated carbocycles. The molecule has 98 valence electrons. The van der Waals surface area contributed by atoms with Crippen molar-refractivity contribution in [1.82, 2.24) is 9.88 Å². The minimum Gasteiger partial charge on any atom is -0.465 e. The summed E-state index contributed by atoms with van der Waals surface area (Å²) in [6.07, 6.45) is -0.266. The highest BCUT2D eigenvalue weighted by molar-refractivity contribution is 7.15. The van der Waals surface area contributed by atoms with E-state index in [4.69, 9.17) is 5.11 Å². The molecule has 1 saturated heterocycles. The van der Waals surface area contributed by atoms with Gasteiger partial charge in [-0.2, -0.15) is 0 Å². The molecular weight excluding hydrogens is 258 g/mol. The van der Waals surface area contributed by atoms with Gasteiger partial charge in [0.2, 0.25) is 5.91 Å². The number of rotatable bonds is 2. The van der Waals surface area contributed by atoms with E-state index in [9.17, 15) is 14.7 Å². The number of amides is 2. The van der Waals surface area contributed by atoms with Crippen LogP contribution in [0.25, 0.3) is 0 Å². The SMILES string of the molecule is Cc1cnc(NC(=O)C2CC(O)CN2C(=O)O)s1. The summed E-state index contributed by atoms with van der Waals surface area (Å²) in [5, 5.41) is 21.4. The molecule has 0 bridgehead atoms. The van der Waals surface area contributed by atoms with Crippen LogP contribution in [0, 0.1) is 6.92 Å². The van der Waals surface area contributed by atoms with Crippen LogP contribution in [-0.4, -0.2) is 50.8 Å². The van der Waals surface area contributed by atoms with Crippen LogP contribution in [0.2, 0.25) is 0 Å². The van der Waals surface area contributed by atoms with Gasteiger partial charge >= 0.3 is 6.09 Å². The molecule has 0 aliphatic carbocycles. The number of anilines is 1. The molecule has 0 spiro atoms. The monoisotopic (exact) mass is 271 g/mol. The summed E-state index contributed by atoms with van der Waals surface area (Å²) in [7, 11) is 0. The van der Waals surface area contributed by atoms with E-state index in [1.54, 1.807) is 6.20 Å². The smallest absolute Gasteiger partial charge is 0.408 e. The van der Waals surface area contributed by atoms with Crippen LogP contribution in [0.3, 0.4) is 0 Å². The van der Waals surface area contributed by atoms with Crippen LogP contribution in [0.5, 0.6) is 0 Å². The molecule has 7 nitrogen and oxygen atoms in total. The summed E-state index contributed by atoms with van der Waals surface area (Å²) in [5.41, 5.74) is 0. The number of aryl methyl sites for hydroxylation is 1. The summed E-state index contributed by atoms with van der Waals surface area (Å²) < 4.78 is 0. The van der Waals surface area contributed by atoms with E-state index >= 15 is 0 Å². The number of carbonyl (C=O) groups excluding carboxylic acids is 1. The summed E-state index contributed by atoms with van der Waals surface area (Å²) in [4.78, 5) is 28.7. The average Bonchev–Trinajstić information content (AvgIpc) is 2.85. The number of nitrogens with zero attached hydrogens (tertiary/aromatic N) is 2. The minimum absolute atomic E-state index is 0.0374. The van der Waals surface area contributed by atoms with Crippen molar-refractivity contribution in [2.75, 3.05) is 11.9 Å². The molecule has 1 aromatic rings. The van der Waals surface area contributed by atoms with E-state index in [0.717, 1.165) is 9.78 Å². The summed E-state index contributed by atoms with van der Waals surface area (Å²) in [5.74, 6) is -0.455. The summed E-state index contributed by atoms with van der Waals surface area (Å²) in [6, 6.07) is -0.860. The van der Waals surface area contributed by atoms with Crippen molar-refractivity contribution in [2.45, 2.75) is 25.5 Å². The van der Waals surface area contributed by atoms with Crippen LogP contribution in [0.15, 0.2) is 6.20 Å². The molecule has 1 aliphatic heterocycles. The van der Waals surface area contributed by atoms with Gasteiger partial charge in [0.15, 0.2) is 5.13 Å². The predicted octanol–water partition coefficient (Wildman–Crippen LogP) is 0.503. The Hall–Kier alpha value is -1.67. The molecule has 2 unspecified atom stereocenters. The second kappa shape index (κ2) is 4.91. The fourth-order valence-corrected chi connectivity index (χ4v) is 2.54. The first-order valence-electron chi connectivity index (χ1n) is 5.38. The number of aliphatic hydroxyl groups excluding tert-OH is 1. The third-order valence-electron chi connectivity index (χ3n) is 2.68. The zero-order valence-electron chi connectivity index (χ0n) is 9.66. The lowest BCUT2D eigenvalue weighted by Crippen LogP contribution is -2.42. The second-order valence-electron chi connectivity index (χ2n) is 4.11. The Balaban J connectivity index is 2.06. The first kappa shape index (κ1) is 12.8. The largest absolute Gasteiger partial charge is 0.465 e. The molecule has 2 atom stereocenters. The highest BCUT2D eigenvalue weighted by Gasteiger charge is 2.39. The number of hydrogen-bond donors (Lipinski definition) is 3. The molecule has 18 heavy (non-hydrogen) atoms. The molecule has 1 aromatic heterocycles.